The topological polar surface area (TPSA) is 45.7 Å². The standard InChI is InChI=1S/C18H23N3O2S2/c1-14-19-16(12-25-14)17(22)21-6-4-18(5-7-21)13-20(8-9-23-18)11-15-3-2-10-24-15/h2-3,10,12H,4-9,11,13H2,1H3. The summed E-state index contributed by atoms with van der Waals surface area (Å²) in [6, 6.07) is 4.31. The van der Waals surface area contributed by atoms with Crippen LogP contribution in [0.4, 0.5) is 0 Å². The molecule has 0 aromatic carbocycles. The van der Waals surface area contributed by atoms with Gasteiger partial charge in [-0.25, -0.2) is 4.98 Å². The molecule has 1 spiro atoms. The maximum Gasteiger partial charge on any atom is 0.273 e. The van der Waals surface area contributed by atoms with Crippen LogP contribution in [0.15, 0.2) is 22.9 Å². The second kappa shape index (κ2) is 7.15. The molecule has 0 bridgehead atoms. The SMILES string of the molecule is Cc1nc(C(=O)N2CCC3(CC2)CN(Cc2cccs2)CCO3)cs1. The molecular formula is C18H23N3O2S2. The number of hydrogen-bond donors (Lipinski definition) is 0. The van der Waals surface area contributed by atoms with E-state index < -0.39 is 0 Å². The number of hydrogen-bond acceptors (Lipinski definition) is 6. The van der Waals surface area contributed by atoms with E-state index >= 15 is 0 Å². The van der Waals surface area contributed by atoms with Crippen molar-refractivity contribution in [2.24, 2.45) is 0 Å². The molecule has 2 aromatic rings. The highest BCUT2D eigenvalue weighted by Gasteiger charge is 2.40. The minimum absolute atomic E-state index is 0.0606. The summed E-state index contributed by atoms with van der Waals surface area (Å²) < 4.78 is 6.20. The predicted octanol–water partition coefficient (Wildman–Crippen LogP) is 3.02. The molecule has 0 unspecified atom stereocenters. The molecule has 2 aromatic heterocycles. The second-order valence-corrected chi connectivity index (χ2v) is 8.96. The first-order chi connectivity index (χ1) is 12.1. The summed E-state index contributed by atoms with van der Waals surface area (Å²) in [4.78, 5) is 22.7. The van der Waals surface area contributed by atoms with Gasteiger partial charge in [0.15, 0.2) is 0 Å². The lowest BCUT2D eigenvalue weighted by Gasteiger charge is -2.47. The molecule has 4 rings (SSSR count). The largest absolute Gasteiger partial charge is 0.372 e. The van der Waals surface area contributed by atoms with E-state index in [-0.39, 0.29) is 11.5 Å². The van der Waals surface area contributed by atoms with Crippen molar-refractivity contribution >= 4 is 28.6 Å². The number of aryl methyl sites for hydroxylation is 1. The molecule has 2 fully saturated rings. The normalized spacial score (nSPS) is 20.9. The molecule has 25 heavy (non-hydrogen) atoms. The fourth-order valence-electron chi connectivity index (χ4n) is 3.72. The number of nitrogens with zero attached hydrogens (tertiary/aromatic N) is 3. The molecule has 1 amide bonds. The highest BCUT2D eigenvalue weighted by atomic mass is 32.1. The summed E-state index contributed by atoms with van der Waals surface area (Å²) in [5.74, 6) is 0.0606. The third kappa shape index (κ3) is 3.79. The van der Waals surface area contributed by atoms with Crippen LogP contribution in [0.2, 0.25) is 0 Å². The van der Waals surface area contributed by atoms with E-state index in [2.05, 4.69) is 27.4 Å². The number of rotatable bonds is 3. The zero-order valence-electron chi connectivity index (χ0n) is 14.4. The van der Waals surface area contributed by atoms with Crippen molar-refractivity contribution in [1.82, 2.24) is 14.8 Å². The number of amides is 1. The van der Waals surface area contributed by atoms with Gasteiger partial charge in [0.1, 0.15) is 5.69 Å². The molecular weight excluding hydrogens is 354 g/mol. The smallest absolute Gasteiger partial charge is 0.273 e. The first-order valence-corrected chi connectivity index (χ1v) is 10.5. The Labute approximate surface area is 156 Å². The van der Waals surface area contributed by atoms with Crippen LogP contribution in [-0.4, -0.2) is 59.1 Å². The molecule has 134 valence electrons. The van der Waals surface area contributed by atoms with Gasteiger partial charge in [-0.2, -0.15) is 0 Å². The van der Waals surface area contributed by atoms with Gasteiger partial charge in [-0.05, 0) is 31.2 Å². The van der Waals surface area contributed by atoms with Gasteiger partial charge in [0.25, 0.3) is 5.91 Å². The van der Waals surface area contributed by atoms with Crippen molar-refractivity contribution in [1.29, 1.82) is 0 Å². The fraction of sp³-hybridized carbons (Fsp3) is 0.556. The average molecular weight is 378 g/mol. The van der Waals surface area contributed by atoms with Crippen LogP contribution in [0.5, 0.6) is 0 Å². The van der Waals surface area contributed by atoms with Crippen LogP contribution in [0, 0.1) is 6.92 Å². The molecule has 2 saturated heterocycles. The monoisotopic (exact) mass is 377 g/mol. The van der Waals surface area contributed by atoms with E-state index in [1.54, 1.807) is 0 Å². The number of likely N-dealkylation sites (tertiary alicyclic amines) is 1. The van der Waals surface area contributed by atoms with Gasteiger partial charge < -0.3 is 9.64 Å². The van der Waals surface area contributed by atoms with Gasteiger partial charge in [-0.3, -0.25) is 9.69 Å². The maximum absolute atomic E-state index is 12.6. The predicted molar refractivity (Wildman–Crippen MR) is 100 cm³/mol. The van der Waals surface area contributed by atoms with Gasteiger partial charge in [0.2, 0.25) is 0 Å². The van der Waals surface area contributed by atoms with Crippen LogP contribution in [0.25, 0.3) is 0 Å². The molecule has 0 atom stereocenters. The van der Waals surface area contributed by atoms with E-state index in [1.165, 1.54) is 16.2 Å². The number of thiophene rings is 1. The van der Waals surface area contributed by atoms with Crippen LogP contribution in [0.3, 0.4) is 0 Å². The summed E-state index contributed by atoms with van der Waals surface area (Å²) >= 11 is 3.35. The molecule has 2 aliphatic rings. The summed E-state index contributed by atoms with van der Waals surface area (Å²) in [5.41, 5.74) is 0.493. The Balaban J connectivity index is 1.36. The Morgan fingerprint density at radius 2 is 2.16 bits per heavy atom. The quantitative estimate of drug-likeness (QED) is 0.825. The number of carbonyl (C=O) groups is 1. The lowest BCUT2D eigenvalue weighted by molar-refractivity contribution is -0.134. The molecule has 0 aliphatic carbocycles. The van der Waals surface area contributed by atoms with Crippen molar-refractivity contribution < 1.29 is 9.53 Å². The number of carbonyl (C=O) groups excluding carboxylic acids is 1. The highest BCUT2D eigenvalue weighted by Crippen LogP contribution is 2.31. The molecule has 0 N–H and O–H groups in total. The highest BCUT2D eigenvalue weighted by molar-refractivity contribution is 7.10. The Bertz CT molecular complexity index is 721. The van der Waals surface area contributed by atoms with Gasteiger partial charge in [-0.15, -0.1) is 22.7 Å². The fourth-order valence-corrected chi connectivity index (χ4v) is 5.06. The zero-order valence-corrected chi connectivity index (χ0v) is 16.1. The second-order valence-electron chi connectivity index (χ2n) is 6.87. The summed E-state index contributed by atoms with van der Waals surface area (Å²) in [7, 11) is 0. The molecule has 7 heteroatoms. The molecule has 4 heterocycles. The molecule has 0 radical (unpaired) electrons. The van der Waals surface area contributed by atoms with Gasteiger partial charge >= 0.3 is 0 Å². The number of ether oxygens (including phenoxy) is 1. The summed E-state index contributed by atoms with van der Waals surface area (Å²) in [6.45, 7) is 7.17. The van der Waals surface area contributed by atoms with Gasteiger partial charge in [0, 0.05) is 43.0 Å². The summed E-state index contributed by atoms with van der Waals surface area (Å²) in [5, 5.41) is 4.94. The minimum atomic E-state index is -0.0930. The Morgan fingerprint density at radius 1 is 1.32 bits per heavy atom. The summed E-state index contributed by atoms with van der Waals surface area (Å²) in [6.07, 6.45) is 1.81. The third-order valence-corrected chi connectivity index (χ3v) is 6.72. The van der Waals surface area contributed by atoms with Crippen molar-refractivity contribution in [3.8, 4) is 0 Å². The number of thiazole rings is 1. The number of piperidine rings is 1. The van der Waals surface area contributed by atoms with Crippen molar-refractivity contribution in [2.75, 3.05) is 32.8 Å². The minimum Gasteiger partial charge on any atom is -0.372 e. The van der Waals surface area contributed by atoms with Crippen LogP contribution >= 0.6 is 22.7 Å². The Hall–Kier alpha value is -1.28. The van der Waals surface area contributed by atoms with Crippen molar-refractivity contribution in [3.05, 3.63) is 38.5 Å². The van der Waals surface area contributed by atoms with Crippen LogP contribution < -0.4 is 0 Å². The van der Waals surface area contributed by atoms with E-state index in [0.29, 0.717) is 5.69 Å². The van der Waals surface area contributed by atoms with Gasteiger partial charge in [-0.1, -0.05) is 6.07 Å². The molecule has 2 aliphatic heterocycles. The number of morpholine rings is 1. The van der Waals surface area contributed by atoms with Crippen molar-refractivity contribution in [2.45, 2.75) is 31.9 Å². The first-order valence-electron chi connectivity index (χ1n) is 8.74. The van der Waals surface area contributed by atoms with E-state index in [9.17, 15) is 4.79 Å². The average Bonchev–Trinajstić information content (AvgIpc) is 3.27. The Kier molecular flexibility index (Phi) is 4.90. The van der Waals surface area contributed by atoms with Crippen molar-refractivity contribution in [3.63, 3.8) is 0 Å². The van der Waals surface area contributed by atoms with Gasteiger partial charge in [0.05, 0.1) is 17.2 Å². The van der Waals surface area contributed by atoms with E-state index in [0.717, 1.165) is 57.2 Å². The number of aromatic nitrogens is 1. The molecule has 0 saturated carbocycles. The first kappa shape index (κ1) is 17.1. The third-order valence-electron chi connectivity index (χ3n) is 5.09. The van der Waals surface area contributed by atoms with Crippen LogP contribution in [0.1, 0.15) is 33.2 Å². The van der Waals surface area contributed by atoms with E-state index in [4.69, 9.17) is 4.74 Å². The zero-order chi connectivity index (χ0) is 17.3. The Morgan fingerprint density at radius 3 is 2.84 bits per heavy atom. The lowest BCUT2D eigenvalue weighted by Crippen LogP contribution is -2.57. The van der Waals surface area contributed by atoms with E-state index in [1.807, 2.05) is 28.5 Å². The maximum atomic E-state index is 12.6. The van der Waals surface area contributed by atoms with Crippen LogP contribution in [-0.2, 0) is 11.3 Å². The lowest BCUT2D eigenvalue weighted by atomic mass is 9.89. The molecule has 5 nitrogen and oxygen atoms in total.